The van der Waals surface area contributed by atoms with Crippen LogP contribution in [0, 0.1) is 0 Å². The summed E-state index contributed by atoms with van der Waals surface area (Å²) in [4.78, 5) is 14.2. The van der Waals surface area contributed by atoms with E-state index >= 15 is 0 Å². The molecule has 0 aliphatic carbocycles. The van der Waals surface area contributed by atoms with Gasteiger partial charge in [-0.1, -0.05) is 30.3 Å². The number of rotatable bonds is 5. The van der Waals surface area contributed by atoms with E-state index in [9.17, 15) is 9.90 Å². The fourth-order valence-corrected chi connectivity index (χ4v) is 2.78. The number of hydrogen-bond donors (Lipinski definition) is 2. The highest BCUT2D eigenvalue weighted by atomic mass is 16.3. The monoisotopic (exact) mass is 276 g/mol. The summed E-state index contributed by atoms with van der Waals surface area (Å²) in [5.74, 6) is -0.0142. The maximum atomic E-state index is 12.4. The van der Waals surface area contributed by atoms with Gasteiger partial charge in [0.05, 0.1) is 18.7 Å². The number of carbonyl (C=O) groups excluding carboxylic acids is 1. The molecular formula is C16H24N2O2. The van der Waals surface area contributed by atoms with E-state index in [1.54, 1.807) is 4.90 Å². The molecule has 0 aromatic heterocycles. The second-order valence-electron chi connectivity index (χ2n) is 5.49. The molecule has 0 spiro atoms. The molecule has 1 fully saturated rings. The topological polar surface area (TPSA) is 66.6 Å². The van der Waals surface area contributed by atoms with Gasteiger partial charge in [-0.05, 0) is 37.7 Å². The highest BCUT2D eigenvalue weighted by Crippen LogP contribution is 2.18. The number of likely N-dealkylation sites (tertiary alicyclic amines) is 1. The lowest BCUT2D eigenvalue weighted by molar-refractivity contribution is -0.137. The van der Waals surface area contributed by atoms with E-state index in [0.717, 1.165) is 32.2 Å². The predicted molar refractivity (Wildman–Crippen MR) is 79.2 cm³/mol. The normalized spacial score (nSPS) is 20.7. The molecule has 1 saturated heterocycles. The third kappa shape index (κ3) is 3.81. The maximum Gasteiger partial charge on any atom is 0.239 e. The van der Waals surface area contributed by atoms with Crippen molar-refractivity contribution >= 4 is 5.91 Å². The largest absolute Gasteiger partial charge is 0.394 e. The summed E-state index contributed by atoms with van der Waals surface area (Å²) in [5, 5.41) is 9.37. The molecule has 1 aromatic carbocycles. The molecule has 2 unspecified atom stereocenters. The Hall–Kier alpha value is -1.39. The van der Waals surface area contributed by atoms with Crippen molar-refractivity contribution in [3.63, 3.8) is 0 Å². The molecule has 4 heteroatoms. The van der Waals surface area contributed by atoms with Crippen molar-refractivity contribution in [1.82, 2.24) is 4.90 Å². The van der Waals surface area contributed by atoms with Crippen LogP contribution in [0.1, 0.15) is 31.2 Å². The van der Waals surface area contributed by atoms with Gasteiger partial charge in [0.25, 0.3) is 0 Å². The van der Waals surface area contributed by atoms with Gasteiger partial charge < -0.3 is 15.7 Å². The lowest BCUT2D eigenvalue weighted by Gasteiger charge is -2.36. The van der Waals surface area contributed by atoms with Crippen LogP contribution in [0.25, 0.3) is 0 Å². The first-order valence-corrected chi connectivity index (χ1v) is 7.43. The summed E-state index contributed by atoms with van der Waals surface area (Å²) in [5.41, 5.74) is 7.24. The van der Waals surface area contributed by atoms with E-state index in [1.165, 1.54) is 5.56 Å². The third-order valence-electron chi connectivity index (χ3n) is 4.03. The number of amides is 1. The van der Waals surface area contributed by atoms with E-state index in [4.69, 9.17) is 5.73 Å². The zero-order chi connectivity index (χ0) is 14.4. The predicted octanol–water partition coefficient (Wildman–Crippen LogP) is 1.32. The summed E-state index contributed by atoms with van der Waals surface area (Å²) in [7, 11) is 0. The lowest BCUT2D eigenvalue weighted by atomic mass is 9.99. The van der Waals surface area contributed by atoms with E-state index in [1.807, 2.05) is 18.2 Å². The van der Waals surface area contributed by atoms with Crippen molar-refractivity contribution in [2.75, 3.05) is 13.2 Å². The number of piperidine rings is 1. The molecule has 1 heterocycles. The smallest absolute Gasteiger partial charge is 0.239 e. The van der Waals surface area contributed by atoms with E-state index in [0.29, 0.717) is 6.42 Å². The number of aliphatic hydroxyl groups excluding tert-OH is 1. The Morgan fingerprint density at radius 3 is 2.80 bits per heavy atom. The van der Waals surface area contributed by atoms with Crippen LogP contribution in [-0.4, -0.2) is 41.1 Å². The van der Waals surface area contributed by atoms with Crippen LogP contribution >= 0.6 is 0 Å². The van der Waals surface area contributed by atoms with Gasteiger partial charge in [0.1, 0.15) is 0 Å². The molecule has 3 N–H and O–H groups in total. The molecule has 1 aromatic rings. The second kappa shape index (κ2) is 7.41. The Morgan fingerprint density at radius 1 is 1.35 bits per heavy atom. The molecule has 4 nitrogen and oxygen atoms in total. The minimum Gasteiger partial charge on any atom is -0.394 e. The van der Waals surface area contributed by atoms with Crippen molar-refractivity contribution < 1.29 is 9.90 Å². The number of aliphatic hydroxyl groups is 1. The number of carbonyl (C=O) groups is 1. The van der Waals surface area contributed by atoms with Gasteiger partial charge in [-0.3, -0.25) is 4.79 Å². The Morgan fingerprint density at radius 2 is 2.10 bits per heavy atom. The van der Waals surface area contributed by atoms with Crippen LogP contribution < -0.4 is 5.73 Å². The van der Waals surface area contributed by atoms with E-state index in [-0.39, 0.29) is 18.6 Å². The summed E-state index contributed by atoms with van der Waals surface area (Å²) in [6.07, 6.45) is 4.43. The molecule has 0 bridgehead atoms. The molecule has 110 valence electrons. The second-order valence-corrected chi connectivity index (χ2v) is 5.49. The molecule has 1 aliphatic heterocycles. The molecule has 1 aliphatic rings. The van der Waals surface area contributed by atoms with Crippen molar-refractivity contribution in [2.24, 2.45) is 5.73 Å². The van der Waals surface area contributed by atoms with Crippen LogP contribution in [0.5, 0.6) is 0 Å². The minimum absolute atomic E-state index is 0.0142. The lowest BCUT2D eigenvalue weighted by Crippen LogP contribution is -2.52. The maximum absolute atomic E-state index is 12.4. The fourth-order valence-electron chi connectivity index (χ4n) is 2.78. The number of hydrogen-bond acceptors (Lipinski definition) is 3. The average Bonchev–Trinajstić information content (AvgIpc) is 2.52. The Kier molecular flexibility index (Phi) is 5.56. The molecule has 0 saturated carbocycles. The summed E-state index contributed by atoms with van der Waals surface area (Å²) in [6.45, 7) is 0.764. The quantitative estimate of drug-likeness (QED) is 0.852. The van der Waals surface area contributed by atoms with Crippen LogP contribution in [0.15, 0.2) is 30.3 Å². The Bertz CT molecular complexity index is 422. The minimum atomic E-state index is -0.470. The Balaban J connectivity index is 1.87. The van der Waals surface area contributed by atoms with E-state index < -0.39 is 6.04 Å². The summed E-state index contributed by atoms with van der Waals surface area (Å²) < 4.78 is 0. The van der Waals surface area contributed by atoms with Gasteiger partial charge in [0.15, 0.2) is 0 Å². The molecular weight excluding hydrogens is 252 g/mol. The summed E-state index contributed by atoms with van der Waals surface area (Å²) in [6, 6.07) is 9.56. The summed E-state index contributed by atoms with van der Waals surface area (Å²) >= 11 is 0. The number of nitrogens with two attached hydrogens (primary N) is 1. The van der Waals surface area contributed by atoms with Crippen molar-refractivity contribution in [1.29, 1.82) is 0 Å². The number of benzene rings is 1. The van der Waals surface area contributed by atoms with Gasteiger partial charge in [-0.2, -0.15) is 0 Å². The first-order valence-electron chi connectivity index (χ1n) is 7.43. The van der Waals surface area contributed by atoms with Gasteiger partial charge in [0.2, 0.25) is 5.91 Å². The van der Waals surface area contributed by atoms with Crippen LogP contribution in [0.2, 0.25) is 0 Å². The fraction of sp³-hybridized carbons (Fsp3) is 0.562. The number of nitrogens with zero attached hydrogens (tertiary/aromatic N) is 1. The van der Waals surface area contributed by atoms with Crippen molar-refractivity contribution in [3.05, 3.63) is 35.9 Å². The van der Waals surface area contributed by atoms with Gasteiger partial charge in [-0.25, -0.2) is 0 Å². The third-order valence-corrected chi connectivity index (χ3v) is 4.03. The van der Waals surface area contributed by atoms with Crippen molar-refractivity contribution in [2.45, 2.75) is 44.2 Å². The average molecular weight is 276 g/mol. The van der Waals surface area contributed by atoms with E-state index in [2.05, 4.69) is 12.1 Å². The first kappa shape index (κ1) is 15.0. The first-order chi connectivity index (χ1) is 9.72. The SMILES string of the molecule is NC(CCc1ccccc1)C(=O)N1CCCCC1CO. The highest BCUT2D eigenvalue weighted by Gasteiger charge is 2.29. The zero-order valence-electron chi connectivity index (χ0n) is 11.9. The van der Waals surface area contributed by atoms with Gasteiger partial charge >= 0.3 is 0 Å². The zero-order valence-corrected chi connectivity index (χ0v) is 11.9. The molecule has 1 amide bonds. The van der Waals surface area contributed by atoms with Gasteiger partial charge in [0, 0.05) is 6.54 Å². The number of aryl methyl sites for hydroxylation is 1. The molecule has 20 heavy (non-hydrogen) atoms. The molecule has 2 rings (SSSR count). The van der Waals surface area contributed by atoms with Gasteiger partial charge in [-0.15, -0.1) is 0 Å². The van der Waals surface area contributed by atoms with Crippen LogP contribution in [0.4, 0.5) is 0 Å². The van der Waals surface area contributed by atoms with Crippen LogP contribution in [-0.2, 0) is 11.2 Å². The highest BCUT2D eigenvalue weighted by molar-refractivity contribution is 5.82. The standard InChI is InChI=1S/C16H24N2O2/c17-15(10-9-13-6-2-1-3-7-13)16(20)18-11-5-4-8-14(18)12-19/h1-3,6-7,14-15,19H,4-5,8-12,17H2. The van der Waals surface area contributed by atoms with Crippen molar-refractivity contribution in [3.8, 4) is 0 Å². The van der Waals surface area contributed by atoms with Crippen LogP contribution in [0.3, 0.4) is 0 Å². The Labute approximate surface area is 120 Å². The molecule has 0 radical (unpaired) electrons. The molecule has 2 atom stereocenters.